The van der Waals surface area contributed by atoms with Crippen LogP contribution in [0.2, 0.25) is 0 Å². The predicted molar refractivity (Wildman–Crippen MR) is 49.8 cm³/mol. The quantitative estimate of drug-likeness (QED) is 0.509. The van der Waals surface area contributed by atoms with Gasteiger partial charge in [-0.2, -0.15) is 0 Å². The van der Waals surface area contributed by atoms with Crippen LogP contribution in [0.4, 0.5) is 0 Å². The molecule has 14 heavy (non-hydrogen) atoms. The number of hydrogen-bond acceptors (Lipinski definition) is 4. The Morgan fingerprint density at radius 2 is 1.57 bits per heavy atom. The van der Waals surface area contributed by atoms with E-state index in [0.717, 1.165) is 19.3 Å². The van der Waals surface area contributed by atoms with Gasteiger partial charge in [-0.25, -0.2) is 0 Å². The zero-order valence-corrected chi connectivity index (χ0v) is 8.17. The third-order valence-corrected chi connectivity index (χ3v) is 3.29. The molecule has 0 saturated carbocycles. The van der Waals surface area contributed by atoms with Gasteiger partial charge in [0.25, 0.3) is 0 Å². The Balaban J connectivity index is 2.11. The van der Waals surface area contributed by atoms with Crippen LogP contribution in [-0.2, 0) is 4.74 Å². The smallest absolute Gasteiger partial charge is 0.106 e. The summed E-state index contributed by atoms with van der Waals surface area (Å²) in [6.45, 7) is 0. The van der Waals surface area contributed by atoms with Gasteiger partial charge in [-0.3, -0.25) is 0 Å². The number of fused-ring (bicyclic) bond motifs is 2. The first-order valence-corrected chi connectivity index (χ1v) is 5.38. The highest BCUT2D eigenvalue weighted by atomic mass is 16.5. The van der Waals surface area contributed by atoms with Crippen molar-refractivity contribution < 1.29 is 20.1 Å². The fourth-order valence-corrected chi connectivity index (χ4v) is 2.36. The molecule has 2 heterocycles. The van der Waals surface area contributed by atoms with Crippen LogP contribution in [0.15, 0.2) is 0 Å². The molecule has 2 fully saturated rings. The summed E-state index contributed by atoms with van der Waals surface area (Å²) in [6, 6.07) is 0. The van der Waals surface area contributed by atoms with Crippen LogP contribution in [0.5, 0.6) is 0 Å². The molecule has 0 radical (unpaired) electrons. The van der Waals surface area contributed by atoms with E-state index in [2.05, 4.69) is 0 Å². The van der Waals surface area contributed by atoms with Crippen molar-refractivity contribution in [3.63, 3.8) is 0 Å². The molecule has 0 spiro atoms. The predicted octanol–water partition coefficient (Wildman–Crippen LogP) is -0.199. The summed E-state index contributed by atoms with van der Waals surface area (Å²) in [4.78, 5) is 0. The highest BCUT2D eigenvalue weighted by Crippen LogP contribution is 2.29. The van der Waals surface area contributed by atoms with Crippen molar-refractivity contribution in [1.82, 2.24) is 0 Å². The fraction of sp³-hybridized carbons (Fsp3) is 1.00. The topological polar surface area (TPSA) is 69.9 Å². The molecule has 4 nitrogen and oxygen atoms in total. The summed E-state index contributed by atoms with van der Waals surface area (Å²) in [6.07, 6.45) is 1.05. The van der Waals surface area contributed by atoms with E-state index in [4.69, 9.17) is 4.74 Å². The molecular weight excluding hydrogens is 184 g/mol. The second kappa shape index (κ2) is 4.14. The molecule has 3 N–H and O–H groups in total. The van der Waals surface area contributed by atoms with Crippen molar-refractivity contribution in [1.29, 1.82) is 0 Å². The highest BCUT2D eigenvalue weighted by Gasteiger charge is 2.37. The van der Waals surface area contributed by atoms with Crippen LogP contribution >= 0.6 is 0 Å². The van der Waals surface area contributed by atoms with Crippen molar-refractivity contribution in [2.75, 3.05) is 0 Å². The maximum absolute atomic E-state index is 9.72. The van der Waals surface area contributed by atoms with E-state index in [9.17, 15) is 15.3 Å². The Bertz CT molecular complexity index is 197. The fourth-order valence-electron chi connectivity index (χ4n) is 2.36. The molecule has 0 aromatic rings. The molecular formula is C10H18O4. The number of rotatable bonds is 0. The van der Waals surface area contributed by atoms with Crippen LogP contribution in [0.1, 0.15) is 32.1 Å². The van der Waals surface area contributed by atoms with Crippen molar-refractivity contribution in [3.05, 3.63) is 0 Å². The van der Waals surface area contributed by atoms with Gasteiger partial charge in [0, 0.05) is 0 Å². The molecule has 0 aliphatic carbocycles. The minimum absolute atomic E-state index is 0.200. The molecule has 2 saturated heterocycles. The van der Waals surface area contributed by atoms with Crippen molar-refractivity contribution in [2.24, 2.45) is 0 Å². The van der Waals surface area contributed by atoms with Crippen molar-refractivity contribution in [2.45, 2.75) is 62.6 Å². The van der Waals surface area contributed by atoms with Crippen LogP contribution in [0.25, 0.3) is 0 Å². The first-order valence-electron chi connectivity index (χ1n) is 5.38. The molecule has 0 amide bonds. The number of aliphatic hydroxyl groups is 3. The van der Waals surface area contributed by atoms with Gasteiger partial charge in [0.05, 0.1) is 24.4 Å². The monoisotopic (exact) mass is 202 g/mol. The Morgan fingerprint density at radius 1 is 0.786 bits per heavy atom. The molecule has 2 aliphatic rings. The lowest BCUT2D eigenvalue weighted by atomic mass is 9.96. The maximum Gasteiger partial charge on any atom is 0.106 e. The van der Waals surface area contributed by atoms with Gasteiger partial charge >= 0.3 is 0 Å². The first kappa shape index (κ1) is 10.4. The van der Waals surface area contributed by atoms with Crippen LogP contribution in [0, 0.1) is 0 Å². The Labute approximate surface area is 83.5 Å². The summed E-state index contributed by atoms with van der Waals surface area (Å²) in [7, 11) is 0. The van der Waals surface area contributed by atoms with Crippen LogP contribution in [-0.4, -0.2) is 45.8 Å². The maximum atomic E-state index is 9.72. The standard InChI is InChI=1S/C10H18O4/c11-6-2-1-3-9-10(13)7(12)4-5-8(6)14-9/h6-13H,1-5H2/t6-,7-,8?,9?,10+/m0/s1. The molecule has 82 valence electrons. The summed E-state index contributed by atoms with van der Waals surface area (Å²) in [5, 5.41) is 29.0. The molecule has 2 unspecified atom stereocenters. The van der Waals surface area contributed by atoms with Gasteiger partial charge in [-0.15, -0.1) is 0 Å². The highest BCUT2D eigenvalue weighted by molar-refractivity contribution is 4.87. The SMILES string of the molecule is O[C@H]1CCCC2OC1CC[C@H](O)[C@H]2O. The third kappa shape index (κ3) is 1.93. The number of hydrogen-bond donors (Lipinski definition) is 3. The van der Waals surface area contributed by atoms with Gasteiger partial charge in [-0.05, 0) is 32.1 Å². The lowest BCUT2D eigenvalue weighted by Crippen LogP contribution is -2.37. The Morgan fingerprint density at radius 3 is 2.36 bits per heavy atom. The van der Waals surface area contributed by atoms with Gasteiger partial charge < -0.3 is 20.1 Å². The zero-order chi connectivity index (χ0) is 10.1. The van der Waals surface area contributed by atoms with Crippen LogP contribution in [0.3, 0.4) is 0 Å². The lowest BCUT2D eigenvalue weighted by molar-refractivity contribution is -0.110. The minimum atomic E-state index is -0.787. The Kier molecular flexibility index (Phi) is 3.07. The van der Waals surface area contributed by atoms with Gasteiger partial charge in [0.1, 0.15) is 6.10 Å². The van der Waals surface area contributed by atoms with Crippen molar-refractivity contribution >= 4 is 0 Å². The van der Waals surface area contributed by atoms with Gasteiger partial charge in [0.2, 0.25) is 0 Å². The molecule has 2 bridgehead atoms. The number of ether oxygens (including phenoxy) is 1. The van der Waals surface area contributed by atoms with Gasteiger partial charge in [0.15, 0.2) is 0 Å². The summed E-state index contributed by atoms with van der Waals surface area (Å²) in [5.74, 6) is 0. The second-order valence-electron chi connectivity index (χ2n) is 4.35. The van der Waals surface area contributed by atoms with E-state index < -0.39 is 18.3 Å². The molecule has 0 aromatic heterocycles. The molecule has 5 atom stereocenters. The van der Waals surface area contributed by atoms with E-state index in [1.807, 2.05) is 0 Å². The van der Waals surface area contributed by atoms with E-state index in [1.165, 1.54) is 0 Å². The summed E-state index contributed by atoms with van der Waals surface area (Å²) < 4.78 is 5.61. The minimum Gasteiger partial charge on any atom is -0.390 e. The second-order valence-corrected chi connectivity index (χ2v) is 4.35. The summed E-state index contributed by atoms with van der Waals surface area (Å²) in [5.41, 5.74) is 0. The Hall–Kier alpha value is -0.160. The average molecular weight is 202 g/mol. The average Bonchev–Trinajstić information content (AvgIpc) is 2.42. The van der Waals surface area contributed by atoms with E-state index in [-0.39, 0.29) is 12.2 Å². The van der Waals surface area contributed by atoms with E-state index in [1.54, 1.807) is 0 Å². The molecule has 0 aromatic carbocycles. The molecule has 2 aliphatic heterocycles. The first-order chi connectivity index (χ1) is 6.68. The summed E-state index contributed by atoms with van der Waals surface area (Å²) >= 11 is 0. The van der Waals surface area contributed by atoms with Gasteiger partial charge in [-0.1, -0.05) is 0 Å². The molecule has 4 heteroatoms. The van der Waals surface area contributed by atoms with E-state index in [0.29, 0.717) is 12.8 Å². The largest absolute Gasteiger partial charge is 0.390 e. The normalized spacial score (nSPS) is 49.5. The third-order valence-electron chi connectivity index (χ3n) is 3.29. The lowest BCUT2D eigenvalue weighted by Gasteiger charge is -2.24. The van der Waals surface area contributed by atoms with E-state index >= 15 is 0 Å². The van der Waals surface area contributed by atoms with Crippen molar-refractivity contribution in [3.8, 4) is 0 Å². The van der Waals surface area contributed by atoms with Crippen LogP contribution < -0.4 is 0 Å². The molecule has 2 rings (SSSR count). The zero-order valence-electron chi connectivity index (χ0n) is 8.17. The number of aliphatic hydroxyl groups excluding tert-OH is 3.